The Hall–Kier alpha value is -1.53. The van der Waals surface area contributed by atoms with Crippen molar-refractivity contribution in [1.82, 2.24) is 9.99 Å². The Kier molecular flexibility index (Phi) is 5.69. The lowest BCUT2D eigenvalue weighted by Gasteiger charge is -2.38. The summed E-state index contributed by atoms with van der Waals surface area (Å²) in [4.78, 5) is 4.36. The van der Waals surface area contributed by atoms with Crippen LogP contribution in [0.3, 0.4) is 0 Å². The van der Waals surface area contributed by atoms with Crippen LogP contribution in [0.1, 0.15) is 51.0 Å². The van der Waals surface area contributed by atoms with Crippen molar-refractivity contribution < 1.29 is 9.42 Å². The zero-order chi connectivity index (χ0) is 17.9. The second-order valence-electron chi connectivity index (χ2n) is 7.29. The number of hydrogen-bond donors (Lipinski definition) is 1. The highest BCUT2D eigenvalue weighted by atomic mass is 32.1. The number of hydrazine groups is 1. The van der Waals surface area contributed by atoms with Gasteiger partial charge in [-0.05, 0) is 44.2 Å². The average Bonchev–Trinajstić information content (AvgIpc) is 3.06. The molecular weight excluding hydrogens is 332 g/mol. The van der Waals surface area contributed by atoms with Crippen LogP contribution < -0.4 is 5.73 Å². The molecule has 2 fully saturated rings. The Balaban J connectivity index is 2.09. The molecule has 0 radical (unpaired) electrons. The molecule has 1 aromatic rings. The van der Waals surface area contributed by atoms with Crippen molar-refractivity contribution in [2.24, 2.45) is 5.73 Å². The highest BCUT2D eigenvalue weighted by Crippen LogP contribution is 2.37. The third-order valence-corrected chi connectivity index (χ3v) is 5.88. The van der Waals surface area contributed by atoms with E-state index in [1.54, 1.807) is 7.11 Å². The number of ether oxygens (including phenoxy) is 1. The van der Waals surface area contributed by atoms with Crippen LogP contribution in [0.15, 0.2) is 24.5 Å². The van der Waals surface area contributed by atoms with Gasteiger partial charge in [-0.1, -0.05) is 12.5 Å². The smallest absolute Gasteiger partial charge is 0.365 e. The third kappa shape index (κ3) is 3.55. The molecular formula is C19H29N4OS+. The zero-order valence-corrected chi connectivity index (χ0v) is 16.1. The number of thiocarbonyl (C=S) groups is 1. The predicted molar refractivity (Wildman–Crippen MR) is 104 cm³/mol. The molecule has 0 amide bonds. The van der Waals surface area contributed by atoms with E-state index in [-0.39, 0.29) is 5.41 Å². The molecule has 2 heterocycles. The minimum absolute atomic E-state index is 0.0872. The Morgan fingerprint density at radius 2 is 2.32 bits per heavy atom. The molecule has 2 aliphatic rings. The Labute approximate surface area is 155 Å². The van der Waals surface area contributed by atoms with Gasteiger partial charge in [-0.15, -0.1) is 4.68 Å². The second-order valence-corrected chi connectivity index (χ2v) is 7.71. The van der Waals surface area contributed by atoms with Crippen LogP contribution in [0.2, 0.25) is 0 Å². The maximum Gasteiger partial charge on any atom is 0.365 e. The van der Waals surface area contributed by atoms with Gasteiger partial charge in [0.25, 0.3) is 0 Å². The standard InChI is InChI=1S/C19H28N4OS/c1-19(15-7-5-11-21-13-15)10-4-3-9-17(19)23(18(20)25)22-12-6-8-16(22)14-24-2/h5,7,11,13,16H,3-4,6,8-10,12,14H2,1-2H3,(H-,20,25)/p+1/t16-,19?/m1/s1. The molecule has 1 aromatic heterocycles. The fraction of sp³-hybridized carbons (Fsp3) is 0.632. The molecule has 1 aliphatic carbocycles. The maximum absolute atomic E-state index is 6.24. The van der Waals surface area contributed by atoms with Gasteiger partial charge in [-0.2, -0.15) is 0 Å². The predicted octanol–water partition coefficient (Wildman–Crippen LogP) is 2.64. The molecule has 1 unspecified atom stereocenters. The van der Waals surface area contributed by atoms with E-state index in [4.69, 9.17) is 22.7 Å². The topological polar surface area (TPSA) is 54.4 Å². The summed E-state index contributed by atoms with van der Waals surface area (Å²) in [7, 11) is 1.76. The van der Waals surface area contributed by atoms with E-state index < -0.39 is 0 Å². The number of rotatable bonds is 4. The lowest BCUT2D eigenvalue weighted by atomic mass is 9.69. The molecule has 2 atom stereocenters. The van der Waals surface area contributed by atoms with Crippen LogP contribution in [0.4, 0.5) is 0 Å². The third-order valence-electron chi connectivity index (χ3n) is 5.70. The lowest BCUT2D eigenvalue weighted by Crippen LogP contribution is -2.54. The summed E-state index contributed by atoms with van der Waals surface area (Å²) < 4.78 is 7.58. The highest BCUT2D eigenvalue weighted by molar-refractivity contribution is 7.79. The summed E-state index contributed by atoms with van der Waals surface area (Å²) in [5, 5.41) is 2.77. The fourth-order valence-corrected chi connectivity index (χ4v) is 4.61. The van der Waals surface area contributed by atoms with Gasteiger partial charge >= 0.3 is 5.11 Å². The SMILES string of the molecule is COC[C@H]1CCCN1[N+](C(N)=S)=C1CCCCC1(C)c1cccnc1. The van der Waals surface area contributed by atoms with E-state index in [0.717, 1.165) is 32.2 Å². The summed E-state index contributed by atoms with van der Waals surface area (Å²) in [5.74, 6) is 0. The molecule has 1 aliphatic heterocycles. The van der Waals surface area contributed by atoms with Crippen molar-refractivity contribution in [3.05, 3.63) is 30.1 Å². The number of aromatic nitrogens is 1. The summed E-state index contributed by atoms with van der Waals surface area (Å²) >= 11 is 5.51. The molecule has 5 nitrogen and oxygen atoms in total. The van der Waals surface area contributed by atoms with Crippen molar-refractivity contribution in [2.45, 2.75) is 56.9 Å². The van der Waals surface area contributed by atoms with Crippen molar-refractivity contribution in [1.29, 1.82) is 0 Å². The van der Waals surface area contributed by atoms with Gasteiger partial charge in [0, 0.05) is 38.1 Å². The molecule has 1 saturated carbocycles. The maximum atomic E-state index is 6.24. The minimum Gasteiger partial charge on any atom is -0.382 e. The summed E-state index contributed by atoms with van der Waals surface area (Å²) in [6.45, 7) is 3.99. The summed E-state index contributed by atoms with van der Waals surface area (Å²) in [6.07, 6.45) is 10.6. The first-order chi connectivity index (χ1) is 12.1. The number of hydrogen-bond acceptors (Lipinski definition) is 4. The highest BCUT2D eigenvalue weighted by Gasteiger charge is 2.43. The van der Waals surface area contributed by atoms with Crippen molar-refractivity contribution in [2.75, 3.05) is 20.3 Å². The van der Waals surface area contributed by atoms with Gasteiger partial charge < -0.3 is 4.74 Å². The first-order valence-corrected chi connectivity index (χ1v) is 9.60. The van der Waals surface area contributed by atoms with E-state index in [1.165, 1.54) is 24.1 Å². The van der Waals surface area contributed by atoms with Crippen LogP contribution in [0, 0.1) is 0 Å². The number of nitrogens with two attached hydrogens (primary N) is 1. The number of methoxy groups -OCH3 is 1. The number of hydrazone groups is 1. The van der Waals surface area contributed by atoms with Gasteiger partial charge in [-0.3, -0.25) is 10.7 Å². The van der Waals surface area contributed by atoms with Crippen LogP contribution in [-0.4, -0.2) is 51.8 Å². The normalized spacial score (nSPS) is 28.9. The van der Waals surface area contributed by atoms with Gasteiger partial charge in [-0.25, -0.2) is 5.01 Å². The van der Waals surface area contributed by atoms with E-state index >= 15 is 0 Å². The van der Waals surface area contributed by atoms with Crippen LogP contribution in [0.5, 0.6) is 0 Å². The zero-order valence-electron chi connectivity index (χ0n) is 15.3. The van der Waals surface area contributed by atoms with E-state index in [2.05, 4.69) is 27.7 Å². The summed E-state index contributed by atoms with van der Waals surface area (Å²) in [6, 6.07) is 4.52. The van der Waals surface area contributed by atoms with Gasteiger partial charge in [0.1, 0.15) is 5.71 Å². The number of nitrogens with zero attached hydrogens (tertiary/aromatic N) is 3. The first kappa shape index (κ1) is 18.3. The molecule has 0 spiro atoms. The molecule has 2 N–H and O–H groups in total. The second kappa shape index (κ2) is 7.79. The van der Waals surface area contributed by atoms with Gasteiger partial charge in [0.15, 0.2) is 0 Å². The van der Waals surface area contributed by atoms with E-state index in [1.807, 2.05) is 18.5 Å². The van der Waals surface area contributed by atoms with Gasteiger partial charge in [0.2, 0.25) is 0 Å². The van der Waals surface area contributed by atoms with Crippen LogP contribution in [0.25, 0.3) is 0 Å². The Bertz CT molecular complexity index is 648. The molecule has 6 heteroatoms. The molecule has 1 saturated heterocycles. The van der Waals surface area contributed by atoms with Crippen molar-refractivity contribution in [3.63, 3.8) is 0 Å². The Morgan fingerprint density at radius 3 is 3.00 bits per heavy atom. The quantitative estimate of drug-likeness (QED) is 0.660. The largest absolute Gasteiger partial charge is 0.382 e. The fourth-order valence-electron chi connectivity index (χ4n) is 4.39. The van der Waals surface area contributed by atoms with E-state index in [9.17, 15) is 0 Å². The molecule has 0 aromatic carbocycles. The van der Waals surface area contributed by atoms with Crippen molar-refractivity contribution in [3.8, 4) is 0 Å². The van der Waals surface area contributed by atoms with Gasteiger partial charge in [0.05, 0.1) is 24.6 Å². The lowest BCUT2D eigenvalue weighted by molar-refractivity contribution is -0.605. The van der Waals surface area contributed by atoms with Crippen molar-refractivity contribution >= 4 is 23.0 Å². The monoisotopic (exact) mass is 361 g/mol. The Morgan fingerprint density at radius 1 is 1.48 bits per heavy atom. The summed E-state index contributed by atoms with van der Waals surface area (Å²) in [5.41, 5.74) is 8.71. The molecule has 25 heavy (non-hydrogen) atoms. The first-order valence-electron chi connectivity index (χ1n) is 9.20. The van der Waals surface area contributed by atoms with Crippen LogP contribution >= 0.6 is 12.2 Å². The molecule has 136 valence electrons. The minimum atomic E-state index is -0.0872. The average molecular weight is 362 g/mol. The van der Waals surface area contributed by atoms with Crippen LogP contribution in [-0.2, 0) is 10.2 Å². The molecule has 0 bridgehead atoms. The molecule has 3 rings (SSSR count). The van der Waals surface area contributed by atoms with E-state index in [0.29, 0.717) is 17.8 Å². The number of pyridine rings is 1.